The number of hydrogen-bond donors (Lipinski definition) is 1. The molecular weight excluding hydrogens is 407 g/mol. The Morgan fingerprint density at radius 3 is 2.17 bits per heavy atom. The summed E-state index contributed by atoms with van der Waals surface area (Å²) in [4.78, 5) is 27.6. The first-order valence-electron chi connectivity index (χ1n) is 9.83. The SMILES string of the molecule is CCNC(=O)[C@@H](CC)N(Cc1ccc(Cl)c(Cl)c1)C(=O)Cc1cc(C)cc(C)c1. The molecule has 0 unspecified atom stereocenters. The molecule has 2 aromatic carbocycles. The average Bonchev–Trinajstić information content (AvgIpc) is 2.63. The lowest BCUT2D eigenvalue weighted by atomic mass is 10.0. The fourth-order valence-corrected chi connectivity index (χ4v) is 3.81. The molecule has 1 N–H and O–H groups in total. The summed E-state index contributed by atoms with van der Waals surface area (Å²) in [5.74, 6) is -0.247. The Hall–Kier alpha value is -2.04. The molecular formula is C23H28Cl2N2O2. The van der Waals surface area contributed by atoms with Gasteiger partial charge >= 0.3 is 0 Å². The summed E-state index contributed by atoms with van der Waals surface area (Å²) >= 11 is 12.2. The van der Waals surface area contributed by atoms with E-state index in [9.17, 15) is 9.59 Å². The molecule has 0 aromatic heterocycles. The highest BCUT2D eigenvalue weighted by Crippen LogP contribution is 2.24. The fourth-order valence-electron chi connectivity index (χ4n) is 3.49. The van der Waals surface area contributed by atoms with Crippen molar-refractivity contribution in [3.8, 4) is 0 Å². The number of amides is 2. The zero-order valence-electron chi connectivity index (χ0n) is 17.4. The maximum Gasteiger partial charge on any atom is 0.242 e. The van der Waals surface area contributed by atoms with Gasteiger partial charge in [-0.05, 0) is 50.5 Å². The predicted octanol–water partition coefficient (Wildman–Crippen LogP) is 5.10. The van der Waals surface area contributed by atoms with E-state index in [2.05, 4.69) is 11.4 Å². The second-order valence-electron chi connectivity index (χ2n) is 7.26. The van der Waals surface area contributed by atoms with Gasteiger partial charge in [-0.25, -0.2) is 0 Å². The van der Waals surface area contributed by atoms with Gasteiger partial charge in [0.25, 0.3) is 0 Å². The van der Waals surface area contributed by atoms with Crippen LogP contribution in [-0.4, -0.2) is 29.3 Å². The monoisotopic (exact) mass is 434 g/mol. The number of aryl methyl sites for hydroxylation is 2. The van der Waals surface area contributed by atoms with Crippen LogP contribution in [0.3, 0.4) is 0 Å². The molecule has 0 saturated carbocycles. The smallest absolute Gasteiger partial charge is 0.242 e. The standard InChI is InChI=1S/C23H28Cl2N2O2/c1-5-21(23(29)26-6-2)27(14-17-7-8-19(24)20(25)12-17)22(28)13-18-10-15(3)9-16(4)11-18/h7-12,21H,5-6,13-14H2,1-4H3,(H,26,29)/t21-/m1/s1. The molecule has 0 radical (unpaired) electrons. The van der Waals surface area contributed by atoms with Gasteiger partial charge in [-0.2, -0.15) is 0 Å². The summed E-state index contributed by atoms with van der Waals surface area (Å²) in [6.45, 7) is 8.60. The average molecular weight is 435 g/mol. The number of hydrogen-bond acceptors (Lipinski definition) is 2. The number of nitrogens with one attached hydrogen (secondary N) is 1. The van der Waals surface area contributed by atoms with Crippen LogP contribution in [0.4, 0.5) is 0 Å². The van der Waals surface area contributed by atoms with Gasteiger partial charge in [0.1, 0.15) is 6.04 Å². The van der Waals surface area contributed by atoms with Crippen LogP contribution in [0.5, 0.6) is 0 Å². The van der Waals surface area contributed by atoms with Crippen molar-refractivity contribution in [2.75, 3.05) is 6.54 Å². The largest absolute Gasteiger partial charge is 0.355 e. The Balaban J connectivity index is 2.34. The van der Waals surface area contributed by atoms with E-state index < -0.39 is 6.04 Å². The Morgan fingerprint density at radius 2 is 1.62 bits per heavy atom. The molecule has 2 amide bonds. The lowest BCUT2D eigenvalue weighted by molar-refractivity contribution is -0.140. The Labute approximate surface area is 183 Å². The van der Waals surface area contributed by atoms with Crippen molar-refractivity contribution < 1.29 is 9.59 Å². The van der Waals surface area contributed by atoms with Crippen LogP contribution in [-0.2, 0) is 22.6 Å². The molecule has 0 heterocycles. The van der Waals surface area contributed by atoms with E-state index in [0.717, 1.165) is 22.3 Å². The number of nitrogens with zero attached hydrogens (tertiary/aromatic N) is 1. The van der Waals surface area contributed by atoms with Crippen molar-refractivity contribution in [3.63, 3.8) is 0 Å². The van der Waals surface area contributed by atoms with E-state index in [0.29, 0.717) is 23.0 Å². The lowest BCUT2D eigenvalue weighted by Gasteiger charge is -2.31. The molecule has 0 aliphatic carbocycles. The maximum atomic E-state index is 13.3. The number of carbonyl (C=O) groups is 2. The van der Waals surface area contributed by atoms with Gasteiger partial charge < -0.3 is 10.2 Å². The van der Waals surface area contributed by atoms with Crippen LogP contribution in [0.25, 0.3) is 0 Å². The van der Waals surface area contributed by atoms with Gasteiger partial charge in [0.2, 0.25) is 11.8 Å². The van der Waals surface area contributed by atoms with Gasteiger partial charge in [0.15, 0.2) is 0 Å². The molecule has 29 heavy (non-hydrogen) atoms. The zero-order chi connectivity index (χ0) is 21.6. The minimum absolute atomic E-state index is 0.0980. The van der Waals surface area contributed by atoms with Crippen LogP contribution < -0.4 is 5.32 Å². The second kappa shape index (κ2) is 10.7. The lowest BCUT2D eigenvalue weighted by Crippen LogP contribution is -2.49. The quantitative estimate of drug-likeness (QED) is 0.628. The Bertz CT molecular complexity index is 863. The molecule has 156 valence electrons. The minimum atomic E-state index is -0.553. The second-order valence-corrected chi connectivity index (χ2v) is 8.08. The third kappa shape index (κ3) is 6.48. The van der Waals surface area contributed by atoms with Gasteiger partial charge in [-0.1, -0.05) is 65.5 Å². The third-order valence-electron chi connectivity index (χ3n) is 4.71. The number of likely N-dealkylation sites (N-methyl/N-ethyl adjacent to an activating group) is 1. The van der Waals surface area contributed by atoms with Gasteiger partial charge in [-0.3, -0.25) is 9.59 Å². The van der Waals surface area contributed by atoms with E-state index in [-0.39, 0.29) is 24.8 Å². The highest BCUT2D eigenvalue weighted by atomic mass is 35.5. The van der Waals surface area contributed by atoms with Gasteiger partial charge in [0.05, 0.1) is 16.5 Å². The van der Waals surface area contributed by atoms with Crippen LogP contribution in [0, 0.1) is 13.8 Å². The number of halogens is 2. The van der Waals surface area contributed by atoms with Crippen molar-refractivity contribution in [2.45, 2.75) is 53.1 Å². The Kier molecular flexibility index (Phi) is 8.54. The van der Waals surface area contributed by atoms with Crippen LogP contribution in [0.15, 0.2) is 36.4 Å². The number of benzene rings is 2. The summed E-state index contributed by atoms with van der Waals surface area (Å²) in [5.41, 5.74) is 3.99. The van der Waals surface area contributed by atoms with Crippen LogP contribution in [0.2, 0.25) is 10.0 Å². The summed E-state index contributed by atoms with van der Waals surface area (Å²) in [6.07, 6.45) is 0.755. The van der Waals surface area contributed by atoms with Crippen molar-refractivity contribution in [3.05, 3.63) is 68.7 Å². The first-order chi connectivity index (χ1) is 13.7. The highest BCUT2D eigenvalue weighted by molar-refractivity contribution is 6.42. The molecule has 0 fully saturated rings. The van der Waals surface area contributed by atoms with Gasteiger partial charge in [0, 0.05) is 13.1 Å². The Morgan fingerprint density at radius 1 is 0.966 bits per heavy atom. The molecule has 0 bridgehead atoms. The van der Waals surface area contributed by atoms with E-state index in [1.54, 1.807) is 17.0 Å². The predicted molar refractivity (Wildman–Crippen MR) is 119 cm³/mol. The summed E-state index contributed by atoms with van der Waals surface area (Å²) < 4.78 is 0. The summed E-state index contributed by atoms with van der Waals surface area (Å²) in [5, 5.41) is 3.73. The topological polar surface area (TPSA) is 49.4 Å². The normalized spacial score (nSPS) is 11.8. The van der Waals surface area contributed by atoms with E-state index >= 15 is 0 Å². The minimum Gasteiger partial charge on any atom is -0.355 e. The zero-order valence-corrected chi connectivity index (χ0v) is 18.9. The molecule has 2 aromatic rings. The molecule has 2 rings (SSSR count). The number of carbonyl (C=O) groups excluding carboxylic acids is 2. The van der Waals surface area contributed by atoms with Crippen molar-refractivity contribution in [2.24, 2.45) is 0 Å². The van der Waals surface area contributed by atoms with E-state index in [1.165, 1.54) is 0 Å². The molecule has 0 spiro atoms. The summed E-state index contributed by atoms with van der Waals surface area (Å²) in [6, 6.07) is 10.8. The first-order valence-corrected chi connectivity index (χ1v) is 10.6. The molecule has 4 nitrogen and oxygen atoms in total. The third-order valence-corrected chi connectivity index (χ3v) is 5.45. The first kappa shape index (κ1) is 23.2. The fraction of sp³-hybridized carbons (Fsp3) is 0.391. The molecule has 0 aliphatic heterocycles. The summed E-state index contributed by atoms with van der Waals surface area (Å²) in [7, 11) is 0. The van der Waals surface area contributed by atoms with Crippen LogP contribution in [0.1, 0.15) is 42.5 Å². The van der Waals surface area contributed by atoms with Crippen molar-refractivity contribution in [1.82, 2.24) is 10.2 Å². The van der Waals surface area contributed by atoms with E-state index in [1.807, 2.05) is 45.9 Å². The van der Waals surface area contributed by atoms with Crippen molar-refractivity contribution in [1.29, 1.82) is 0 Å². The molecule has 6 heteroatoms. The molecule has 0 saturated heterocycles. The highest BCUT2D eigenvalue weighted by Gasteiger charge is 2.28. The van der Waals surface area contributed by atoms with Gasteiger partial charge in [-0.15, -0.1) is 0 Å². The van der Waals surface area contributed by atoms with Crippen LogP contribution >= 0.6 is 23.2 Å². The molecule has 1 atom stereocenters. The number of rotatable bonds is 8. The maximum absolute atomic E-state index is 13.3. The van der Waals surface area contributed by atoms with Crippen molar-refractivity contribution >= 4 is 35.0 Å². The molecule has 0 aliphatic rings. The van der Waals surface area contributed by atoms with E-state index in [4.69, 9.17) is 23.2 Å².